The molecule has 1 nitrogen and oxygen atoms in total. The molecule has 64 valence electrons. The van der Waals surface area contributed by atoms with E-state index in [0.29, 0.717) is 6.61 Å². The maximum Gasteiger partial charge on any atom is 0.0650 e. The Bertz CT molecular complexity index is 226. The third kappa shape index (κ3) is 3.35. The lowest BCUT2D eigenvalue weighted by molar-refractivity contribution is 0.178. The largest absolute Gasteiger partial charge is 0.378 e. The highest BCUT2D eigenvalue weighted by molar-refractivity contribution is 5.48. The van der Waals surface area contributed by atoms with Crippen molar-refractivity contribution < 1.29 is 4.74 Å². The first-order valence-electron chi connectivity index (χ1n) is 4.23. The lowest BCUT2D eigenvalue weighted by Gasteiger charge is -1.93. The van der Waals surface area contributed by atoms with Gasteiger partial charge in [0.15, 0.2) is 0 Å². The molecule has 0 aliphatic rings. The highest BCUT2D eigenvalue weighted by Gasteiger charge is 1.81. The van der Waals surface area contributed by atoms with Crippen LogP contribution in [0, 0.1) is 0 Å². The van der Waals surface area contributed by atoms with Gasteiger partial charge < -0.3 is 4.74 Å². The van der Waals surface area contributed by atoms with Gasteiger partial charge in [0, 0.05) is 6.61 Å². The fourth-order valence-electron chi connectivity index (χ4n) is 0.934. The summed E-state index contributed by atoms with van der Waals surface area (Å²) in [6.07, 6.45) is 4.09. The number of ether oxygens (including phenoxy) is 1. The van der Waals surface area contributed by atoms with Crippen LogP contribution in [0.5, 0.6) is 0 Å². The molecular formula is C11H14O. The molecule has 0 spiro atoms. The van der Waals surface area contributed by atoms with Gasteiger partial charge in [0.1, 0.15) is 0 Å². The monoisotopic (exact) mass is 162 g/mol. The quantitative estimate of drug-likeness (QED) is 0.618. The summed E-state index contributed by atoms with van der Waals surface area (Å²) >= 11 is 0. The summed E-state index contributed by atoms with van der Waals surface area (Å²) in [4.78, 5) is 0. The molecule has 0 atom stereocenters. The fourth-order valence-corrected chi connectivity index (χ4v) is 0.934. The number of rotatable bonds is 4. The smallest absolute Gasteiger partial charge is 0.0650 e. The van der Waals surface area contributed by atoms with Crippen molar-refractivity contribution in [2.24, 2.45) is 0 Å². The summed E-state index contributed by atoms with van der Waals surface area (Å²) in [6.45, 7) is 3.47. The number of benzene rings is 1. The van der Waals surface area contributed by atoms with Crippen molar-refractivity contribution in [1.82, 2.24) is 0 Å². The minimum Gasteiger partial charge on any atom is -0.378 e. The highest BCUT2D eigenvalue weighted by Crippen LogP contribution is 2.00. The van der Waals surface area contributed by atoms with Crippen LogP contribution < -0.4 is 0 Å². The van der Waals surface area contributed by atoms with Crippen LogP contribution >= 0.6 is 0 Å². The van der Waals surface area contributed by atoms with E-state index in [1.54, 1.807) is 0 Å². The van der Waals surface area contributed by atoms with Gasteiger partial charge in [-0.25, -0.2) is 0 Å². The minimum absolute atomic E-state index is 0.700. The summed E-state index contributed by atoms with van der Waals surface area (Å²) in [5.41, 5.74) is 1.22. The predicted octanol–water partition coefficient (Wildman–Crippen LogP) is 2.74. The summed E-state index contributed by atoms with van der Waals surface area (Å²) < 4.78 is 5.17. The molecule has 1 aromatic rings. The van der Waals surface area contributed by atoms with E-state index < -0.39 is 0 Å². The predicted molar refractivity (Wildman–Crippen MR) is 52.0 cm³/mol. The topological polar surface area (TPSA) is 9.23 Å². The van der Waals surface area contributed by atoms with Gasteiger partial charge in [-0.15, -0.1) is 0 Å². The third-order valence-electron chi connectivity index (χ3n) is 1.53. The average molecular weight is 162 g/mol. The second kappa shape index (κ2) is 5.56. The minimum atomic E-state index is 0.700. The van der Waals surface area contributed by atoms with Crippen LogP contribution in [0.3, 0.4) is 0 Å². The van der Waals surface area contributed by atoms with E-state index in [1.807, 2.05) is 31.2 Å². The summed E-state index contributed by atoms with van der Waals surface area (Å²) in [5.74, 6) is 0. The Morgan fingerprint density at radius 3 is 2.67 bits per heavy atom. The molecule has 0 radical (unpaired) electrons. The Balaban J connectivity index is 2.36. The third-order valence-corrected chi connectivity index (χ3v) is 1.53. The van der Waals surface area contributed by atoms with Crippen molar-refractivity contribution in [3.8, 4) is 0 Å². The Hall–Kier alpha value is -1.08. The van der Waals surface area contributed by atoms with E-state index in [0.717, 1.165) is 6.61 Å². The molecule has 0 saturated heterocycles. The SMILES string of the molecule is CCOC/C=C\c1ccccc1. The fraction of sp³-hybridized carbons (Fsp3) is 0.273. The van der Waals surface area contributed by atoms with Gasteiger partial charge in [0.25, 0.3) is 0 Å². The Kier molecular flexibility index (Phi) is 4.17. The standard InChI is InChI=1S/C11H14O/c1-2-12-10-6-9-11-7-4-3-5-8-11/h3-9H,2,10H2,1H3/b9-6-. The molecule has 0 aliphatic carbocycles. The molecule has 0 aliphatic heterocycles. The second-order valence-corrected chi connectivity index (χ2v) is 2.47. The molecule has 1 heteroatoms. The van der Waals surface area contributed by atoms with Gasteiger partial charge in [-0.1, -0.05) is 42.5 Å². The van der Waals surface area contributed by atoms with Crippen molar-refractivity contribution in [3.63, 3.8) is 0 Å². The summed E-state index contributed by atoms with van der Waals surface area (Å²) in [6, 6.07) is 10.2. The van der Waals surface area contributed by atoms with Crippen molar-refractivity contribution in [2.75, 3.05) is 13.2 Å². The lowest BCUT2D eigenvalue weighted by Crippen LogP contribution is -1.87. The molecule has 12 heavy (non-hydrogen) atoms. The Labute approximate surface area is 73.7 Å². The van der Waals surface area contributed by atoms with E-state index in [2.05, 4.69) is 18.2 Å². The van der Waals surface area contributed by atoms with Crippen LogP contribution in [0.25, 0.3) is 6.08 Å². The summed E-state index contributed by atoms with van der Waals surface area (Å²) in [7, 11) is 0. The maximum atomic E-state index is 5.17. The molecule has 0 N–H and O–H groups in total. The zero-order valence-corrected chi connectivity index (χ0v) is 7.36. The first kappa shape index (κ1) is 9.01. The Morgan fingerprint density at radius 2 is 2.00 bits per heavy atom. The van der Waals surface area contributed by atoms with E-state index >= 15 is 0 Å². The zero-order chi connectivity index (χ0) is 8.65. The molecule has 0 heterocycles. The van der Waals surface area contributed by atoms with Gasteiger partial charge in [0.05, 0.1) is 6.61 Å². The van der Waals surface area contributed by atoms with Crippen molar-refractivity contribution >= 4 is 6.08 Å². The average Bonchev–Trinajstić information content (AvgIpc) is 2.14. The van der Waals surface area contributed by atoms with Crippen LogP contribution in [-0.4, -0.2) is 13.2 Å². The number of hydrogen-bond acceptors (Lipinski definition) is 1. The van der Waals surface area contributed by atoms with Crippen molar-refractivity contribution in [3.05, 3.63) is 42.0 Å². The van der Waals surface area contributed by atoms with Gasteiger partial charge in [0.2, 0.25) is 0 Å². The normalized spacial score (nSPS) is 10.8. The van der Waals surface area contributed by atoms with E-state index in [-0.39, 0.29) is 0 Å². The molecule has 0 amide bonds. The van der Waals surface area contributed by atoms with E-state index in [9.17, 15) is 0 Å². The van der Waals surface area contributed by atoms with Crippen LogP contribution in [0.15, 0.2) is 36.4 Å². The maximum absolute atomic E-state index is 5.17. The van der Waals surface area contributed by atoms with Crippen LogP contribution in [0.1, 0.15) is 12.5 Å². The molecule has 1 aromatic carbocycles. The van der Waals surface area contributed by atoms with Gasteiger partial charge >= 0.3 is 0 Å². The first-order chi connectivity index (χ1) is 5.93. The van der Waals surface area contributed by atoms with Crippen LogP contribution in [0.2, 0.25) is 0 Å². The van der Waals surface area contributed by atoms with E-state index in [4.69, 9.17) is 4.74 Å². The highest BCUT2D eigenvalue weighted by atomic mass is 16.5. The molecule has 0 unspecified atom stereocenters. The van der Waals surface area contributed by atoms with Crippen molar-refractivity contribution in [1.29, 1.82) is 0 Å². The Morgan fingerprint density at radius 1 is 1.25 bits per heavy atom. The van der Waals surface area contributed by atoms with Crippen LogP contribution in [-0.2, 0) is 4.74 Å². The van der Waals surface area contributed by atoms with Gasteiger partial charge in [-0.05, 0) is 12.5 Å². The van der Waals surface area contributed by atoms with Crippen molar-refractivity contribution in [2.45, 2.75) is 6.92 Å². The summed E-state index contributed by atoms with van der Waals surface area (Å²) in [5, 5.41) is 0. The van der Waals surface area contributed by atoms with E-state index in [1.165, 1.54) is 5.56 Å². The zero-order valence-electron chi connectivity index (χ0n) is 7.36. The molecular weight excluding hydrogens is 148 g/mol. The van der Waals surface area contributed by atoms with Gasteiger partial charge in [-0.2, -0.15) is 0 Å². The molecule has 1 rings (SSSR count). The molecule has 0 aromatic heterocycles. The molecule has 0 fully saturated rings. The molecule has 0 saturated carbocycles. The molecule has 0 bridgehead atoms. The number of hydrogen-bond donors (Lipinski definition) is 0. The van der Waals surface area contributed by atoms with Crippen LogP contribution in [0.4, 0.5) is 0 Å². The second-order valence-electron chi connectivity index (χ2n) is 2.47. The first-order valence-corrected chi connectivity index (χ1v) is 4.23. The van der Waals surface area contributed by atoms with Gasteiger partial charge in [-0.3, -0.25) is 0 Å². The lowest BCUT2D eigenvalue weighted by atomic mass is 10.2.